The second kappa shape index (κ2) is 12.5. The summed E-state index contributed by atoms with van der Waals surface area (Å²) in [5.74, 6) is -7.67. The van der Waals surface area contributed by atoms with E-state index in [2.05, 4.69) is 16.0 Å². The van der Waals surface area contributed by atoms with Crippen molar-refractivity contribution in [2.45, 2.75) is 42.7 Å². The van der Waals surface area contributed by atoms with Crippen LogP contribution in [0.15, 0.2) is 48.5 Å². The zero-order chi connectivity index (χ0) is 33.6. The van der Waals surface area contributed by atoms with Gasteiger partial charge in [-0.05, 0) is 74.9 Å². The van der Waals surface area contributed by atoms with Crippen molar-refractivity contribution in [1.29, 1.82) is 0 Å². The smallest absolute Gasteiger partial charge is 0.404 e. The van der Waals surface area contributed by atoms with Crippen molar-refractivity contribution in [2.24, 2.45) is 5.92 Å². The molecule has 1 aliphatic rings. The molecule has 2 unspecified atom stereocenters. The zero-order valence-corrected chi connectivity index (χ0v) is 26.3. The Hall–Kier alpha value is -3.32. The van der Waals surface area contributed by atoms with Gasteiger partial charge in [-0.2, -0.15) is 13.2 Å². The fourth-order valence-electron chi connectivity index (χ4n) is 4.36. The van der Waals surface area contributed by atoms with Crippen molar-refractivity contribution in [3.05, 3.63) is 86.9 Å². The minimum absolute atomic E-state index is 0.00305. The molecule has 3 aromatic rings. The van der Waals surface area contributed by atoms with Crippen LogP contribution in [0, 0.1) is 17.6 Å². The maximum Gasteiger partial charge on any atom is 0.416 e. The van der Waals surface area contributed by atoms with Gasteiger partial charge in [-0.25, -0.2) is 13.6 Å². The lowest BCUT2D eigenvalue weighted by molar-refractivity contribution is -0.137. The van der Waals surface area contributed by atoms with Crippen LogP contribution in [0.5, 0.6) is 5.75 Å². The van der Waals surface area contributed by atoms with Crippen LogP contribution in [0.3, 0.4) is 0 Å². The molecule has 3 amide bonds. The Kier molecular flexibility index (Phi) is 9.57. The Morgan fingerprint density at radius 1 is 0.911 bits per heavy atom. The second-order valence-corrected chi connectivity index (χ2v) is 13.3. The van der Waals surface area contributed by atoms with E-state index in [1.165, 1.54) is 18.2 Å². The van der Waals surface area contributed by atoms with Gasteiger partial charge in [0.2, 0.25) is 11.7 Å². The Bertz CT molecular complexity index is 1700. The van der Waals surface area contributed by atoms with Gasteiger partial charge in [-0.1, -0.05) is 23.2 Å². The molecule has 4 rings (SSSR count). The number of carbonyl (C=O) groups is 3. The highest BCUT2D eigenvalue weighted by Crippen LogP contribution is 2.65. The summed E-state index contributed by atoms with van der Waals surface area (Å²) < 4.78 is 72.2. The number of amides is 3. The number of halogens is 9. The van der Waals surface area contributed by atoms with E-state index in [0.29, 0.717) is 0 Å². The number of alkyl halides is 5. The largest absolute Gasteiger partial charge is 0.416 e. The summed E-state index contributed by atoms with van der Waals surface area (Å²) in [6.45, 7) is 4.86. The molecule has 240 valence electrons. The highest BCUT2D eigenvalue weighted by Gasteiger charge is 2.67. The van der Waals surface area contributed by atoms with Gasteiger partial charge in [-0.15, -0.1) is 23.2 Å². The molecule has 1 aliphatic carbocycles. The van der Waals surface area contributed by atoms with E-state index in [-0.39, 0.29) is 26.9 Å². The van der Waals surface area contributed by atoms with Crippen LogP contribution in [0.25, 0.3) is 0 Å². The monoisotopic (exact) mass is 711 g/mol. The van der Waals surface area contributed by atoms with E-state index >= 15 is 4.39 Å². The third-order valence-corrected chi connectivity index (χ3v) is 7.88. The standard InChI is InChI=1S/C29H22Cl4F5N3O4/c1-27(2,3)41-26(44)45-23-18(34)6-7-19(22(23)35)40-24(42)16-11-15(4-5-17(16)31)39-25(43)21-20(28(21,32)33)12-8-13(29(36,37)38)10-14(30)9-12/h4-11,20-21H,1-3H3,(H,39,43)(H,40,42)(H,41,44). The number of hydrogen-bond donors (Lipinski definition) is 3. The van der Waals surface area contributed by atoms with Crippen LogP contribution < -0.4 is 20.7 Å². The molecule has 7 nitrogen and oxygen atoms in total. The fourth-order valence-corrected chi connectivity index (χ4v) is 5.63. The molecule has 45 heavy (non-hydrogen) atoms. The van der Waals surface area contributed by atoms with Crippen molar-refractivity contribution in [2.75, 3.05) is 10.6 Å². The van der Waals surface area contributed by atoms with Crippen molar-refractivity contribution < 1.29 is 41.1 Å². The molecule has 0 bridgehead atoms. The quantitative estimate of drug-likeness (QED) is 0.176. The summed E-state index contributed by atoms with van der Waals surface area (Å²) in [5, 5.41) is 6.71. The SMILES string of the molecule is CC(C)(C)NC(=O)Oc1c(F)ccc(NC(=O)c2cc(NC(=O)C3C(c4cc(Cl)cc(C(F)(F)F)c4)C3(Cl)Cl)ccc2Cl)c1F. The van der Waals surface area contributed by atoms with Crippen LogP contribution in [0.4, 0.5) is 38.1 Å². The first-order chi connectivity index (χ1) is 20.7. The Morgan fingerprint density at radius 2 is 1.58 bits per heavy atom. The molecule has 0 heterocycles. The minimum Gasteiger partial charge on any atom is -0.404 e. The molecular weight excluding hydrogens is 691 g/mol. The molecule has 1 saturated carbocycles. The van der Waals surface area contributed by atoms with Gasteiger partial charge < -0.3 is 20.7 Å². The Morgan fingerprint density at radius 3 is 2.20 bits per heavy atom. The molecule has 0 aliphatic heterocycles. The highest BCUT2D eigenvalue weighted by molar-refractivity contribution is 6.53. The lowest BCUT2D eigenvalue weighted by atomic mass is 10.0. The summed E-state index contributed by atoms with van der Waals surface area (Å²) in [5.41, 5.74) is -2.62. The molecular formula is C29H22Cl4F5N3O4. The van der Waals surface area contributed by atoms with E-state index in [0.717, 1.165) is 30.3 Å². The maximum absolute atomic E-state index is 15.1. The second-order valence-electron chi connectivity index (χ2n) is 11.0. The van der Waals surface area contributed by atoms with Gasteiger partial charge in [0.25, 0.3) is 5.91 Å². The van der Waals surface area contributed by atoms with Gasteiger partial charge in [0.05, 0.1) is 27.8 Å². The average Bonchev–Trinajstić information content (AvgIpc) is 3.49. The third-order valence-electron chi connectivity index (χ3n) is 6.39. The molecule has 3 N–H and O–H groups in total. The third kappa shape index (κ3) is 7.92. The van der Waals surface area contributed by atoms with Crippen LogP contribution in [-0.2, 0) is 11.0 Å². The van der Waals surface area contributed by atoms with Crippen molar-refractivity contribution in [3.63, 3.8) is 0 Å². The molecule has 0 radical (unpaired) electrons. The van der Waals surface area contributed by atoms with E-state index < -0.39 is 74.4 Å². The Labute approximate surface area is 273 Å². The summed E-state index contributed by atoms with van der Waals surface area (Å²) >= 11 is 24.6. The van der Waals surface area contributed by atoms with Crippen LogP contribution in [-0.4, -0.2) is 27.8 Å². The van der Waals surface area contributed by atoms with Gasteiger partial charge in [0, 0.05) is 22.2 Å². The van der Waals surface area contributed by atoms with E-state index in [1.807, 2.05) is 0 Å². The zero-order valence-electron chi connectivity index (χ0n) is 23.3. The lowest BCUT2D eigenvalue weighted by Gasteiger charge is -2.20. The van der Waals surface area contributed by atoms with Gasteiger partial charge in [0.1, 0.15) is 4.33 Å². The number of hydrogen-bond acceptors (Lipinski definition) is 4. The molecule has 2 atom stereocenters. The Balaban J connectivity index is 1.52. The number of carbonyl (C=O) groups excluding carboxylic acids is 3. The molecule has 3 aromatic carbocycles. The number of nitrogens with one attached hydrogen (secondary N) is 3. The predicted octanol–water partition coefficient (Wildman–Crippen LogP) is 8.96. The van der Waals surface area contributed by atoms with Gasteiger partial charge in [0.15, 0.2) is 11.6 Å². The summed E-state index contributed by atoms with van der Waals surface area (Å²) in [7, 11) is 0. The summed E-state index contributed by atoms with van der Waals surface area (Å²) in [6, 6.07) is 8.10. The van der Waals surface area contributed by atoms with Crippen LogP contribution in [0.2, 0.25) is 10.0 Å². The normalized spacial score (nSPS) is 17.3. The predicted molar refractivity (Wildman–Crippen MR) is 160 cm³/mol. The summed E-state index contributed by atoms with van der Waals surface area (Å²) in [4.78, 5) is 38.2. The van der Waals surface area contributed by atoms with Gasteiger partial charge in [-0.3, -0.25) is 9.59 Å². The van der Waals surface area contributed by atoms with Crippen molar-refractivity contribution >= 4 is 75.7 Å². The van der Waals surface area contributed by atoms with Gasteiger partial charge >= 0.3 is 12.3 Å². The fraction of sp³-hybridized carbons (Fsp3) is 0.276. The van der Waals surface area contributed by atoms with E-state index in [1.54, 1.807) is 20.8 Å². The molecule has 0 aromatic heterocycles. The summed E-state index contributed by atoms with van der Waals surface area (Å²) in [6.07, 6.45) is -5.84. The molecule has 1 fully saturated rings. The first-order valence-electron chi connectivity index (χ1n) is 12.8. The minimum atomic E-state index is -4.71. The number of ether oxygens (including phenoxy) is 1. The van der Waals surface area contributed by atoms with E-state index in [4.69, 9.17) is 51.1 Å². The lowest BCUT2D eigenvalue weighted by Crippen LogP contribution is -2.42. The number of anilines is 2. The first kappa shape index (κ1) is 34.6. The highest BCUT2D eigenvalue weighted by atomic mass is 35.5. The van der Waals surface area contributed by atoms with Crippen LogP contribution >= 0.6 is 46.4 Å². The average molecular weight is 713 g/mol. The number of rotatable bonds is 6. The van der Waals surface area contributed by atoms with E-state index in [9.17, 15) is 31.9 Å². The van der Waals surface area contributed by atoms with Crippen molar-refractivity contribution in [1.82, 2.24) is 5.32 Å². The topological polar surface area (TPSA) is 96.5 Å². The molecule has 16 heteroatoms. The maximum atomic E-state index is 15.1. The van der Waals surface area contributed by atoms with Crippen LogP contribution in [0.1, 0.15) is 48.2 Å². The first-order valence-corrected chi connectivity index (χ1v) is 14.4. The van der Waals surface area contributed by atoms with Crippen molar-refractivity contribution in [3.8, 4) is 5.75 Å². The molecule has 0 spiro atoms. The number of benzene rings is 3. The molecule has 0 saturated heterocycles.